The summed E-state index contributed by atoms with van der Waals surface area (Å²) in [5.74, 6) is -0.0513. The molecule has 90 valence electrons. The first-order valence-electron chi connectivity index (χ1n) is 5.43. The lowest BCUT2D eigenvalue weighted by atomic mass is 10.1. The molecule has 0 saturated heterocycles. The van der Waals surface area contributed by atoms with Gasteiger partial charge in [0.05, 0.1) is 5.02 Å². The van der Waals surface area contributed by atoms with Gasteiger partial charge in [-0.15, -0.1) is 0 Å². The summed E-state index contributed by atoms with van der Waals surface area (Å²) in [5.41, 5.74) is 1.05. The topological polar surface area (TPSA) is 37.3 Å². The summed E-state index contributed by atoms with van der Waals surface area (Å²) < 4.78 is 0. The number of para-hydroxylation sites is 1. The van der Waals surface area contributed by atoms with Crippen molar-refractivity contribution in [2.75, 3.05) is 0 Å². The zero-order valence-corrected chi connectivity index (χ0v) is 10.3. The second kappa shape index (κ2) is 5.52. The molecule has 18 heavy (non-hydrogen) atoms. The van der Waals surface area contributed by atoms with E-state index in [1.54, 1.807) is 54.6 Å². The van der Waals surface area contributed by atoms with Crippen LogP contribution in [0.2, 0.25) is 5.02 Å². The van der Waals surface area contributed by atoms with Gasteiger partial charge >= 0.3 is 0 Å². The van der Waals surface area contributed by atoms with Gasteiger partial charge in [-0.05, 0) is 30.4 Å². The Labute approximate surface area is 110 Å². The van der Waals surface area contributed by atoms with Gasteiger partial charge in [0.15, 0.2) is 5.78 Å². The summed E-state index contributed by atoms with van der Waals surface area (Å²) in [6.07, 6.45) is 2.97. The number of allylic oxidation sites excluding steroid dienone is 1. The number of hydrogen-bond donors (Lipinski definition) is 1. The molecular weight excluding hydrogens is 248 g/mol. The van der Waals surface area contributed by atoms with E-state index in [0.29, 0.717) is 16.1 Å². The number of halogens is 1. The van der Waals surface area contributed by atoms with Crippen LogP contribution >= 0.6 is 11.6 Å². The van der Waals surface area contributed by atoms with Crippen molar-refractivity contribution in [3.8, 4) is 5.75 Å². The Balaban J connectivity index is 2.23. The molecule has 2 aromatic carbocycles. The van der Waals surface area contributed by atoms with Crippen LogP contribution in [-0.2, 0) is 0 Å². The average Bonchev–Trinajstić information content (AvgIpc) is 2.38. The molecule has 1 N–H and O–H groups in total. The molecule has 0 heterocycles. The van der Waals surface area contributed by atoms with Gasteiger partial charge in [-0.3, -0.25) is 4.79 Å². The van der Waals surface area contributed by atoms with Gasteiger partial charge in [0, 0.05) is 11.1 Å². The Morgan fingerprint density at radius 1 is 1.06 bits per heavy atom. The maximum atomic E-state index is 11.9. The minimum atomic E-state index is -0.191. The van der Waals surface area contributed by atoms with E-state index in [2.05, 4.69) is 0 Å². The molecular formula is C15H11ClO2. The third-order valence-corrected chi connectivity index (χ3v) is 2.82. The van der Waals surface area contributed by atoms with E-state index in [9.17, 15) is 9.90 Å². The second-order valence-electron chi connectivity index (χ2n) is 3.74. The van der Waals surface area contributed by atoms with Gasteiger partial charge in [-0.2, -0.15) is 0 Å². The summed E-state index contributed by atoms with van der Waals surface area (Å²) in [4.78, 5) is 11.9. The largest absolute Gasteiger partial charge is 0.507 e. The van der Waals surface area contributed by atoms with Crippen LogP contribution in [0.15, 0.2) is 54.6 Å². The molecule has 0 radical (unpaired) electrons. The molecule has 0 spiro atoms. The number of carbonyl (C=O) groups is 1. The molecule has 0 atom stereocenters. The standard InChI is InChI=1S/C15H11ClO2/c16-13-7-3-2-6-12(13)15(18)10-9-11-5-1-4-8-14(11)17/h1-10,17H. The molecule has 0 unspecified atom stereocenters. The highest BCUT2D eigenvalue weighted by atomic mass is 35.5. The van der Waals surface area contributed by atoms with Crippen molar-refractivity contribution < 1.29 is 9.90 Å². The maximum Gasteiger partial charge on any atom is 0.187 e. The second-order valence-corrected chi connectivity index (χ2v) is 4.14. The van der Waals surface area contributed by atoms with Gasteiger partial charge in [-0.25, -0.2) is 0 Å². The highest BCUT2D eigenvalue weighted by Crippen LogP contribution is 2.19. The molecule has 0 aromatic heterocycles. The number of aromatic hydroxyl groups is 1. The molecule has 0 aliphatic heterocycles. The fourth-order valence-corrected chi connectivity index (χ4v) is 1.77. The van der Waals surface area contributed by atoms with Crippen LogP contribution in [0.5, 0.6) is 5.75 Å². The molecule has 2 nitrogen and oxygen atoms in total. The van der Waals surface area contributed by atoms with Crippen LogP contribution in [0.1, 0.15) is 15.9 Å². The fraction of sp³-hybridized carbons (Fsp3) is 0. The van der Waals surface area contributed by atoms with E-state index in [4.69, 9.17) is 11.6 Å². The number of phenolic OH excluding ortho intramolecular Hbond substituents is 1. The van der Waals surface area contributed by atoms with Crippen molar-refractivity contribution in [3.63, 3.8) is 0 Å². The first-order chi connectivity index (χ1) is 8.68. The van der Waals surface area contributed by atoms with E-state index in [1.807, 2.05) is 0 Å². The van der Waals surface area contributed by atoms with Crippen LogP contribution in [0.25, 0.3) is 6.08 Å². The summed E-state index contributed by atoms with van der Waals surface area (Å²) >= 11 is 5.93. The molecule has 0 amide bonds. The quantitative estimate of drug-likeness (QED) is 0.669. The lowest BCUT2D eigenvalue weighted by molar-refractivity contribution is 0.104. The molecule has 0 aliphatic rings. The van der Waals surface area contributed by atoms with Crippen molar-refractivity contribution in [1.29, 1.82) is 0 Å². The van der Waals surface area contributed by atoms with E-state index in [1.165, 1.54) is 6.08 Å². The predicted molar refractivity (Wildman–Crippen MR) is 72.9 cm³/mol. The minimum Gasteiger partial charge on any atom is -0.507 e. The van der Waals surface area contributed by atoms with Crippen LogP contribution in [-0.4, -0.2) is 10.9 Å². The van der Waals surface area contributed by atoms with Gasteiger partial charge in [0.25, 0.3) is 0 Å². The number of hydrogen-bond acceptors (Lipinski definition) is 2. The highest BCUT2D eigenvalue weighted by Gasteiger charge is 2.06. The van der Waals surface area contributed by atoms with Crippen molar-refractivity contribution in [1.82, 2.24) is 0 Å². The summed E-state index contributed by atoms with van der Waals surface area (Å²) in [7, 11) is 0. The van der Waals surface area contributed by atoms with E-state index >= 15 is 0 Å². The minimum absolute atomic E-state index is 0.140. The SMILES string of the molecule is O=C(C=Cc1ccccc1O)c1ccccc1Cl. The van der Waals surface area contributed by atoms with Crippen LogP contribution in [0.3, 0.4) is 0 Å². The molecule has 0 bridgehead atoms. The number of benzene rings is 2. The first kappa shape index (κ1) is 12.4. The van der Waals surface area contributed by atoms with Gasteiger partial charge < -0.3 is 5.11 Å². The molecule has 3 heteroatoms. The Hall–Kier alpha value is -2.06. The molecule has 0 saturated carbocycles. The number of carbonyl (C=O) groups excluding carboxylic acids is 1. The van der Waals surface area contributed by atoms with Gasteiger partial charge in [0.2, 0.25) is 0 Å². The number of phenols is 1. The van der Waals surface area contributed by atoms with E-state index in [-0.39, 0.29) is 11.5 Å². The summed E-state index contributed by atoms with van der Waals surface area (Å²) in [6.45, 7) is 0. The lowest BCUT2D eigenvalue weighted by Crippen LogP contribution is -1.94. The molecule has 0 aliphatic carbocycles. The van der Waals surface area contributed by atoms with Gasteiger partial charge in [-0.1, -0.05) is 41.9 Å². The monoisotopic (exact) mass is 258 g/mol. The average molecular weight is 259 g/mol. The number of rotatable bonds is 3. The lowest BCUT2D eigenvalue weighted by Gasteiger charge is -1.99. The van der Waals surface area contributed by atoms with Gasteiger partial charge in [0.1, 0.15) is 5.75 Å². The van der Waals surface area contributed by atoms with E-state index in [0.717, 1.165) is 0 Å². The zero-order valence-electron chi connectivity index (χ0n) is 9.51. The van der Waals surface area contributed by atoms with Crippen molar-refractivity contribution in [2.24, 2.45) is 0 Å². The fourth-order valence-electron chi connectivity index (χ4n) is 1.54. The normalized spacial score (nSPS) is 10.7. The zero-order chi connectivity index (χ0) is 13.0. The highest BCUT2D eigenvalue weighted by molar-refractivity contribution is 6.34. The summed E-state index contributed by atoms with van der Waals surface area (Å²) in [5, 5.41) is 9.98. The molecule has 2 rings (SSSR count). The summed E-state index contributed by atoms with van der Waals surface area (Å²) in [6, 6.07) is 13.7. The smallest absolute Gasteiger partial charge is 0.187 e. The molecule has 2 aromatic rings. The third kappa shape index (κ3) is 2.79. The Bertz CT molecular complexity index is 603. The third-order valence-electron chi connectivity index (χ3n) is 2.49. The van der Waals surface area contributed by atoms with Crippen molar-refractivity contribution in [2.45, 2.75) is 0 Å². The Morgan fingerprint density at radius 3 is 2.44 bits per heavy atom. The Morgan fingerprint density at radius 2 is 1.72 bits per heavy atom. The van der Waals surface area contributed by atoms with E-state index < -0.39 is 0 Å². The maximum absolute atomic E-state index is 11.9. The Kier molecular flexibility index (Phi) is 3.80. The van der Waals surface area contributed by atoms with Crippen LogP contribution in [0, 0.1) is 0 Å². The van der Waals surface area contributed by atoms with Crippen molar-refractivity contribution in [3.05, 3.63) is 70.8 Å². The molecule has 0 fully saturated rings. The van der Waals surface area contributed by atoms with Crippen LogP contribution in [0.4, 0.5) is 0 Å². The number of ketones is 1. The predicted octanol–water partition coefficient (Wildman–Crippen LogP) is 3.94. The van der Waals surface area contributed by atoms with Crippen molar-refractivity contribution >= 4 is 23.5 Å². The first-order valence-corrected chi connectivity index (χ1v) is 5.81. The van der Waals surface area contributed by atoms with Crippen LogP contribution < -0.4 is 0 Å².